The topological polar surface area (TPSA) is 97.6 Å². The lowest BCUT2D eigenvalue weighted by Gasteiger charge is -2.05. The Morgan fingerprint density at radius 2 is 2.33 bits per heavy atom. The molecule has 7 heteroatoms. The number of aromatic nitrogens is 4. The summed E-state index contributed by atoms with van der Waals surface area (Å²) in [6.45, 7) is 1.73. The fourth-order valence-corrected chi connectivity index (χ4v) is 1.88. The van der Waals surface area contributed by atoms with Crippen molar-refractivity contribution in [2.24, 2.45) is 5.73 Å². The van der Waals surface area contributed by atoms with Gasteiger partial charge in [-0.1, -0.05) is 11.8 Å². The normalized spacial score (nSPS) is 12.9. The maximum Gasteiger partial charge on any atom is 0.230 e. The van der Waals surface area contributed by atoms with Gasteiger partial charge in [-0.25, -0.2) is 15.0 Å². The molecular formula is C8H9N5OS. The second kappa shape index (κ2) is 3.85. The van der Waals surface area contributed by atoms with E-state index in [1.807, 2.05) is 0 Å². The van der Waals surface area contributed by atoms with Gasteiger partial charge in [0.1, 0.15) is 16.9 Å². The molecule has 2 rings (SSSR count). The van der Waals surface area contributed by atoms with Crippen LogP contribution in [0.3, 0.4) is 0 Å². The first-order valence-corrected chi connectivity index (χ1v) is 5.16. The molecule has 2 aromatic heterocycles. The van der Waals surface area contributed by atoms with E-state index in [1.165, 1.54) is 18.1 Å². The second-order valence-corrected chi connectivity index (χ2v) is 4.27. The van der Waals surface area contributed by atoms with Gasteiger partial charge in [0, 0.05) is 0 Å². The largest absolute Gasteiger partial charge is 0.369 e. The number of rotatable bonds is 3. The van der Waals surface area contributed by atoms with E-state index < -0.39 is 0 Å². The summed E-state index contributed by atoms with van der Waals surface area (Å²) in [6, 6.07) is 0. The molecule has 1 amide bonds. The van der Waals surface area contributed by atoms with Crippen LogP contribution in [0.5, 0.6) is 0 Å². The monoisotopic (exact) mass is 223 g/mol. The average Bonchev–Trinajstić information content (AvgIpc) is 2.66. The highest BCUT2D eigenvalue weighted by Crippen LogP contribution is 2.25. The van der Waals surface area contributed by atoms with Gasteiger partial charge < -0.3 is 10.7 Å². The van der Waals surface area contributed by atoms with Crippen LogP contribution in [0, 0.1) is 0 Å². The van der Waals surface area contributed by atoms with Crippen molar-refractivity contribution in [1.29, 1.82) is 0 Å². The highest BCUT2D eigenvalue weighted by atomic mass is 32.2. The molecular weight excluding hydrogens is 214 g/mol. The smallest absolute Gasteiger partial charge is 0.230 e. The summed E-state index contributed by atoms with van der Waals surface area (Å²) in [5.41, 5.74) is 6.49. The van der Waals surface area contributed by atoms with E-state index in [0.717, 1.165) is 5.52 Å². The maximum atomic E-state index is 10.9. The Morgan fingerprint density at radius 3 is 3.07 bits per heavy atom. The van der Waals surface area contributed by atoms with Crippen LogP contribution in [0.1, 0.15) is 6.92 Å². The number of thioether (sulfide) groups is 1. The van der Waals surface area contributed by atoms with Crippen LogP contribution in [0.15, 0.2) is 17.7 Å². The van der Waals surface area contributed by atoms with E-state index >= 15 is 0 Å². The first-order valence-electron chi connectivity index (χ1n) is 4.28. The third-order valence-electron chi connectivity index (χ3n) is 1.88. The van der Waals surface area contributed by atoms with Crippen molar-refractivity contribution >= 4 is 28.8 Å². The molecule has 0 aromatic carbocycles. The summed E-state index contributed by atoms with van der Waals surface area (Å²) < 4.78 is 0. The summed E-state index contributed by atoms with van der Waals surface area (Å²) in [6.07, 6.45) is 2.96. The molecule has 6 nitrogen and oxygen atoms in total. The molecule has 0 radical (unpaired) electrons. The van der Waals surface area contributed by atoms with Crippen molar-refractivity contribution in [3.63, 3.8) is 0 Å². The summed E-state index contributed by atoms with van der Waals surface area (Å²) in [4.78, 5) is 25.9. The Hall–Kier alpha value is -1.63. The van der Waals surface area contributed by atoms with Gasteiger partial charge in [-0.05, 0) is 6.92 Å². The number of carbonyl (C=O) groups excluding carboxylic acids is 1. The molecule has 3 N–H and O–H groups in total. The minimum atomic E-state index is -0.369. The summed E-state index contributed by atoms with van der Waals surface area (Å²) in [5, 5.41) is 0.357. The number of aromatic amines is 1. The molecule has 0 fully saturated rings. The van der Waals surface area contributed by atoms with Gasteiger partial charge in [-0.2, -0.15) is 0 Å². The predicted octanol–water partition coefficient (Wildman–Crippen LogP) is 0.319. The Morgan fingerprint density at radius 1 is 1.53 bits per heavy atom. The number of nitrogens with one attached hydrogen (secondary N) is 1. The third kappa shape index (κ3) is 1.91. The van der Waals surface area contributed by atoms with Crippen molar-refractivity contribution in [1.82, 2.24) is 19.9 Å². The second-order valence-electron chi connectivity index (χ2n) is 2.94. The van der Waals surface area contributed by atoms with Crippen LogP contribution in [0.4, 0.5) is 0 Å². The lowest BCUT2D eigenvalue weighted by Crippen LogP contribution is -2.22. The van der Waals surface area contributed by atoms with Gasteiger partial charge in [0.05, 0.1) is 11.6 Å². The third-order valence-corrected chi connectivity index (χ3v) is 3.00. The van der Waals surface area contributed by atoms with Gasteiger partial charge in [0.2, 0.25) is 5.91 Å². The first kappa shape index (κ1) is 9.91. The zero-order chi connectivity index (χ0) is 10.8. The Kier molecular flexibility index (Phi) is 2.55. The summed E-state index contributed by atoms with van der Waals surface area (Å²) >= 11 is 1.29. The standard InChI is InChI=1S/C8H9N5OS/c1-4(6(9)14)15-8-5-7(11-2-10-5)12-3-13-8/h2-4H,1H3,(H2,9,14)(H,10,11,12,13). The number of hydrogen-bond donors (Lipinski definition) is 2. The SMILES string of the molecule is CC(Sc1ncnc2nc[nH]c12)C(N)=O. The van der Waals surface area contributed by atoms with Gasteiger partial charge in [-0.3, -0.25) is 4.79 Å². The number of hydrogen-bond acceptors (Lipinski definition) is 5. The number of amides is 1. The number of imidazole rings is 1. The number of H-pyrrole nitrogens is 1. The van der Waals surface area contributed by atoms with Crippen LogP contribution in [-0.2, 0) is 4.79 Å². The molecule has 0 aliphatic rings. The molecule has 78 valence electrons. The Bertz CT molecular complexity index is 496. The molecule has 1 unspecified atom stereocenters. The minimum Gasteiger partial charge on any atom is -0.369 e. The predicted molar refractivity (Wildman–Crippen MR) is 56.2 cm³/mol. The van der Waals surface area contributed by atoms with Gasteiger partial charge in [-0.15, -0.1) is 0 Å². The maximum absolute atomic E-state index is 10.9. The van der Waals surface area contributed by atoms with E-state index in [4.69, 9.17) is 5.73 Å². The van der Waals surface area contributed by atoms with Crippen LogP contribution in [-0.4, -0.2) is 31.1 Å². The van der Waals surface area contributed by atoms with E-state index in [0.29, 0.717) is 10.7 Å². The molecule has 0 saturated heterocycles. The number of primary amides is 1. The minimum absolute atomic E-state index is 0.327. The highest BCUT2D eigenvalue weighted by molar-refractivity contribution is 8.00. The van der Waals surface area contributed by atoms with Crippen LogP contribution in [0.2, 0.25) is 0 Å². The van der Waals surface area contributed by atoms with Crippen LogP contribution in [0.25, 0.3) is 11.2 Å². The quantitative estimate of drug-likeness (QED) is 0.576. The Balaban J connectivity index is 2.35. The zero-order valence-electron chi connectivity index (χ0n) is 7.97. The van der Waals surface area contributed by atoms with Crippen molar-refractivity contribution < 1.29 is 4.79 Å². The highest BCUT2D eigenvalue weighted by Gasteiger charge is 2.14. The molecule has 15 heavy (non-hydrogen) atoms. The molecule has 0 aliphatic heterocycles. The van der Waals surface area contributed by atoms with Gasteiger partial charge in [0.15, 0.2) is 5.65 Å². The summed E-state index contributed by atoms with van der Waals surface area (Å²) in [5.74, 6) is -0.369. The molecule has 0 saturated carbocycles. The van der Waals surface area contributed by atoms with E-state index in [9.17, 15) is 4.79 Å². The number of fused-ring (bicyclic) bond motifs is 1. The fraction of sp³-hybridized carbons (Fsp3) is 0.250. The van der Waals surface area contributed by atoms with Crippen LogP contribution >= 0.6 is 11.8 Å². The van der Waals surface area contributed by atoms with E-state index in [2.05, 4.69) is 19.9 Å². The van der Waals surface area contributed by atoms with Gasteiger partial charge in [0.25, 0.3) is 0 Å². The molecule has 2 heterocycles. The average molecular weight is 223 g/mol. The van der Waals surface area contributed by atoms with Gasteiger partial charge >= 0.3 is 0 Å². The number of nitrogens with zero attached hydrogens (tertiary/aromatic N) is 3. The lowest BCUT2D eigenvalue weighted by molar-refractivity contribution is -0.117. The molecule has 1 atom stereocenters. The van der Waals surface area contributed by atoms with Crippen molar-refractivity contribution in [3.05, 3.63) is 12.7 Å². The molecule has 0 bridgehead atoms. The van der Waals surface area contributed by atoms with E-state index in [1.54, 1.807) is 13.3 Å². The first-order chi connectivity index (χ1) is 7.18. The molecule has 2 aromatic rings. The lowest BCUT2D eigenvalue weighted by atomic mass is 10.5. The van der Waals surface area contributed by atoms with Crippen LogP contribution < -0.4 is 5.73 Å². The van der Waals surface area contributed by atoms with Crippen molar-refractivity contribution in [3.8, 4) is 0 Å². The fourth-order valence-electron chi connectivity index (χ4n) is 1.06. The van der Waals surface area contributed by atoms with E-state index in [-0.39, 0.29) is 11.2 Å². The zero-order valence-corrected chi connectivity index (χ0v) is 8.78. The number of nitrogens with two attached hydrogens (primary N) is 1. The Labute approximate surface area is 89.7 Å². The summed E-state index contributed by atoms with van der Waals surface area (Å²) in [7, 11) is 0. The van der Waals surface area contributed by atoms with Crippen molar-refractivity contribution in [2.75, 3.05) is 0 Å². The van der Waals surface area contributed by atoms with Crippen molar-refractivity contribution in [2.45, 2.75) is 17.2 Å². The number of carbonyl (C=O) groups is 1. The molecule has 0 spiro atoms. The molecule has 0 aliphatic carbocycles.